The molecule has 4 heterocycles. The summed E-state index contributed by atoms with van der Waals surface area (Å²) in [5, 5.41) is 22.6. The van der Waals surface area contributed by atoms with E-state index in [0.29, 0.717) is 59.0 Å². The second-order valence-electron chi connectivity index (χ2n) is 13.0. The number of nitrogens with zero attached hydrogens (tertiary/aromatic N) is 3. The number of rotatable bonds is 9. The van der Waals surface area contributed by atoms with E-state index in [0.717, 1.165) is 22.3 Å². The summed E-state index contributed by atoms with van der Waals surface area (Å²) in [6.07, 6.45) is 1.78. The van der Waals surface area contributed by atoms with E-state index in [1.54, 1.807) is 14.2 Å². The van der Waals surface area contributed by atoms with Crippen molar-refractivity contribution in [1.29, 1.82) is 5.26 Å². The number of hydrogen-bond acceptors (Lipinski definition) is 11. The van der Waals surface area contributed by atoms with Gasteiger partial charge in [-0.1, -0.05) is 36.4 Å². The number of methoxy groups -OCH3 is 2. The van der Waals surface area contributed by atoms with Crippen LogP contribution in [0, 0.1) is 25.2 Å². The Morgan fingerprint density at radius 1 is 1.06 bits per heavy atom. The number of carbonyl (C=O) groups is 1. The second kappa shape index (κ2) is 12.8. The average molecular weight is 656 g/mol. The van der Waals surface area contributed by atoms with Crippen LogP contribution in [-0.4, -0.2) is 80.5 Å². The van der Waals surface area contributed by atoms with Crippen molar-refractivity contribution in [1.82, 2.24) is 9.80 Å². The highest BCUT2D eigenvalue weighted by atomic mass is 16.7. The molecule has 0 aliphatic carbocycles. The lowest BCUT2D eigenvalue weighted by Gasteiger charge is -2.59. The Balaban J connectivity index is 1.34. The number of hydrogen-bond donors (Lipinski definition) is 1. The van der Waals surface area contributed by atoms with Crippen molar-refractivity contribution < 1.29 is 38.3 Å². The quantitative estimate of drug-likeness (QED) is 0.256. The Bertz CT molecular complexity index is 1770. The van der Waals surface area contributed by atoms with Crippen molar-refractivity contribution in [2.24, 2.45) is 0 Å². The minimum atomic E-state index is -0.582. The summed E-state index contributed by atoms with van der Waals surface area (Å²) in [7, 11) is 5.26. The number of benzene rings is 3. The minimum Gasteiger partial charge on any atom is -0.507 e. The van der Waals surface area contributed by atoms with E-state index >= 15 is 0 Å². The first kappa shape index (κ1) is 32.1. The van der Waals surface area contributed by atoms with Gasteiger partial charge in [0.25, 0.3) is 0 Å². The smallest absolute Gasteiger partial charge is 0.306 e. The molecule has 4 aliphatic heterocycles. The van der Waals surface area contributed by atoms with Crippen LogP contribution < -0.4 is 18.9 Å². The third kappa shape index (κ3) is 5.10. The predicted molar refractivity (Wildman–Crippen MR) is 174 cm³/mol. The molecular weight excluding hydrogens is 614 g/mol. The molecule has 3 aromatic rings. The number of aryl methyl sites for hydroxylation is 2. The van der Waals surface area contributed by atoms with Crippen LogP contribution in [0.2, 0.25) is 0 Å². The number of likely N-dealkylation sites (N-methyl/N-ethyl adjacent to an activating group) is 1. The lowest BCUT2D eigenvalue weighted by Crippen LogP contribution is -2.68. The number of aromatic hydroxyl groups is 1. The molecule has 0 saturated carbocycles. The molecule has 0 spiro atoms. The number of piperazine rings is 1. The number of carbonyl (C=O) groups excluding carboxylic acids is 1. The van der Waals surface area contributed by atoms with E-state index in [-0.39, 0.29) is 56.5 Å². The van der Waals surface area contributed by atoms with Crippen molar-refractivity contribution >= 4 is 5.97 Å². The van der Waals surface area contributed by atoms with Gasteiger partial charge >= 0.3 is 5.97 Å². The fourth-order valence-corrected chi connectivity index (χ4v) is 8.38. The molecule has 1 N–H and O–H groups in total. The summed E-state index contributed by atoms with van der Waals surface area (Å²) >= 11 is 0. The van der Waals surface area contributed by atoms with E-state index < -0.39 is 12.1 Å². The zero-order chi connectivity index (χ0) is 33.7. The van der Waals surface area contributed by atoms with Crippen molar-refractivity contribution in [3.8, 4) is 34.8 Å². The highest BCUT2D eigenvalue weighted by Gasteiger charge is 2.57. The van der Waals surface area contributed by atoms with Gasteiger partial charge in [-0.2, -0.15) is 5.26 Å². The van der Waals surface area contributed by atoms with E-state index in [1.807, 2.05) is 51.2 Å². The summed E-state index contributed by atoms with van der Waals surface area (Å²) in [4.78, 5) is 17.7. The Kier molecular flexibility index (Phi) is 8.58. The maximum atomic E-state index is 13.2. The third-order valence-electron chi connectivity index (χ3n) is 10.5. The Labute approximate surface area is 280 Å². The van der Waals surface area contributed by atoms with Crippen molar-refractivity contribution in [3.63, 3.8) is 0 Å². The zero-order valence-corrected chi connectivity index (χ0v) is 27.9. The standard InChI is InChI=1S/C37H41N3O8/c1-20-13-23-14-25-27(16-38)40-26(32(39(25)3)30(23)36(34(20)44-5)46-18-43-4)15-24-31(37-35(47-19-48-37)21(2)33(24)42)28(40)17-45-29(41)12-11-22-9-7-6-8-10-22/h6-10,13,25-28,32,42H,11-12,14-15,17-19H2,1-5H3/t25?,26?,27-,28-,32?/m0/s1. The molecule has 3 unspecified atom stereocenters. The Morgan fingerprint density at radius 3 is 2.56 bits per heavy atom. The van der Waals surface area contributed by atoms with Crippen LogP contribution >= 0.6 is 0 Å². The van der Waals surface area contributed by atoms with Gasteiger partial charge in [0.2, 0.25) is 6.79 Å². The number of phenolic OH excluding ortho intramolecular Hbond substituents is 1. The van der Waals surface area contributed by atoms with Gasteiger partial charge in [-0.25, -0.2) is 0 Å². The first-order valence-corrected chi connectivity index (χ1v) is 16.3. The maximum absolute atomic E-state index is 13.2. The third-order valence-corrected chi connectivity index (χ3v) is 10.5. The monoisotopic (exact) mass is 655 g/mol. The Morgan fingerprint density at radius 2 is 1.83 bits per heavy atom. The van der Waals surface area contributed by atoms with Gasteiger partial charge in [0, 0.05) is 47.9 Å². The van der Waals surface area contributed by atoms with Crippen molar-refractivity contribution in [2.45, 2.75) is 69.7 Å². The maximum Gasteiger partial charge on any atom is 0.306 e. The molecule has 48 heavy (non-hydrogen) atoms. The fraction of sp³-hybridized carbons (Fsp3) is 0.459. The molecule has 4 aliphatic rings. The average Bonchev–Trinajstić information content (AvgIpc) is 3.58. The van der Waals surface area contributed by atoms with Gasteiger partial charge in [-0.05, 0) is 56.8 Å². The SMILES string of the molecule is COCOc1c(OC)c(C)cc2c1C1C3Cc4c(O)c(C)c5c(c4[C@H](COC(=O)CCc4ccccc4)N3[C@@H](C#N)C(C2)N1C)OCO5. The van der Waals surface area contributed by atoms with Crippen LogP contribution in [0.25, 0.3) is 0 Å². The van der Waals surface area contributed by atoms with Gasteiger partial charge in [0.05, 0.1) is 25.3 Å². The molecule has 7 rings (SSSR count). The molecule has 11 nitrogen and oxygen atoms in total. The van der Waals surface area contributed by atoms with Crippen LogP contribution in [0.1, 0.15) is 57.4 Å². The number of ether oxygens (including phenoxy) is 6. The normalized spacial score (nSPS) is 23.8. The summed E-state index contributed by atoms with van der Waals surface area (Å²) in [6.45, 7) is 3.84. The molecule has 1 fully saturated rings. The summed E-state index contributed by atoms with van der Waals surface area (Å²) in [5.41, 5.74) is 6.05. The highest BCUT2D eigenvalue weighted by Crippen LogP contribution is 2.58. The first-order chi connectivity index (χ1) is 23.3. The van der Waals surface area contributed by atoms with Crippen LogP contribution in [0.4, 0.5) is 0 Å². The first-order valence-electron chi connectivity index (χ1n) is 16.3. The second-order valence-corrected chi connectivity index (χ2v) is 13.0. The lowest BCUT2D eigenvalue weighted by atomic mass is 9.71. The Hall–Kier alpha value is -4.50. The van der Waals surface area contributed by atoms with Gasteiger partial charge in [0.1, 0.15) is 18.4 Å². The van der Waals surface area contributed by atoms with Crippen LogP contribution in [0.15, 0.2) is 36.4 Å². The number of fused-ring (bicyclic) bond motifs is 9. The number of phenols is 1. The molecule has 0 radical (unpaired) electrons. The fourth-order valence-electron chi connectivity index (χ4n) is 8.38. The zero-order valence-electron chi connectivity index (χ0n) is 27.9. The number of nitriles is 1. The summed E-state index contributed by atoms with van der Waals surface area (Å²) in [6, 6.07) is 12.7. The molecule has 3 aromatic carbocycles. The molecule has 11 heteroatoms. The van der Waals surface area contributed by atoms with E-state index in [4.69, 9.17) is 28.4 Å². The molecule has 5 atom stereocenters. The van der Waals surface area contributed by atoms with E-state index in [9.17, 15) is 15.2 Å². The summed E-state index contributed by atoms with van der Waals surface area (Å²) in [5.74, 6) is 2.05. The minimum absolute atomic E-state index is 0.0153. The van der Waals surface area contributed by atoms with Gasteiger partial charge < -0.3 is 33.5 Å². The largest absolute Gasteiger partial charge is 0.507 e. The number of esters is 1. The summed E-state index contributed by atoms with van der Waals surface area (Å²) < 4.78 is 35.4. The van der Waals surface area contributed by atoms with Gasteiger partial charge in [-0.15, -0.1) is 0 Å². The molecule has 252 valence electrons. The van der Waals surface area contributed by atoms with Crippen molar-refractivity contribution in [2.75, 3.05) is 41.5 Å². The van der Waals surface area contributed by atoms with Crippen LogP contribution in [-0.2, 0) is 33.5 Å². The van der Waals surface area contributed by atoms with E-state index in [1.165, 1.54) is 0 Å². The van der Waals surface area contributed by atoms with Gasteiger partial charge in [-0.3, -0.25) is 14.6 Å². The molecule has 1 saturated heterocycles. The molecule has 0 aromatic heterocycles. The lowest BCUT2D eigenvalue weighted by molar-refractivity contribution is -0.149. The topological polar surface area (TPSA) is 123 Å². The molecular formula is C37H41N3O8. The highest BCUT2D eigenvalue weighted by molar-refractivity contribution is 5.70. The molecule has 2 bridgehead atoms. The van der Waals surface area contributed by atoms with Crippen molar-refractivity contribution in [3.05, 3.63) is 75.3 Å². The molecule has 0 amide bonds. The van der Waals surface area contributed by atoms with Gasteiger partial charge in [0.15, 0.2) is 29.8 Å². The van der Waals surface area contributed by atoms with Crippen LogP contribution in [0.3, 0.4) is 0 Å². The van der Waals surface area contributed by atoms with Crippen LogP contribution in [0.5, 0.6) is 28.7 Å². The predicted octanol–water partition coefficient (Wildman–Crippen LogP) is 4.68. The van der Waals surface area contributed by atoms with E-state index in [2.05, 4.69) is 21.9 Å².